The van der Waals surface area contributed by atoms with E-state index in [4.69, 9.17) is 0 Å². The van der Waals surface area contributed by atoms with Crippen molar-refractivity contribution in [3.05, 3.63) is 48.2 Å². The molecule has 2 amide bonds. The summed E-state index contributed by atoms with van der Waals surface area (Å²) < 4.78 is 28.1. The summed E-state index contributed by atoms with van der Waals surface area (Å²) in [6, 6.07) is 8.71. The second kappa shape index (κ2) is 6.69. The van der Waals surface area contributed by atoms with E-state index in [2.05, 4.69) is 25.7 Å². The number of sulfonamides is 1. The van der Waals surface area contributed by atoms with E-state index in [0.717, 1.165) is 24.8 Å². The molecule has 1 N–H and O–H groups in total. The first-order valence-corrected chi connectivity index (χ1v) is 13.5. The molecule has 0 aromatic heterocycles. The van der Waals surface area contributed by atoms with E-state index in [1.165, 1.54) is 4.31 Å². The summed E-state index contributed by atoms with van der Waals surface area (Å²) in [5, 5.41) is 2.84. The monoisotopic (exact) mass is 469 g/mol. The Morgan fingerprint density at radius 3 is 2.64 bits per heavy atom. The second-order valence-electron chi connectivity index (χ2n) is 11.2. The van der Waals surface area contributed by atoms with Crippen LogP contribution in [-0.4, -0.2) is 53.3 Å². The van der Waals surface area contributed by atoms with Gasteiger partial charge in [0, 0.05) is 17.7 Å². The van der Waals surface area contributed by atoms with E-state index in [1.807, 2.05) is 35.2 Å². The van der Waals surface area contributed by atoms with Crippen LogP contribution in [0.15, 0.2) is 42.6 Å². The van der Waals surface area contributed by atoms with Crippen LogP contribution in [0, 0.1) is 22.7 Å². The van der Waals surface area contributed by atoms with Crippen molar-refractivity contribution in [2.75, 3.05) is 5.75 Å². The van der Waals surface area contributed by atoms with E-state index in [9.17, 15) is 18.0 Å². The Bertz CT molecular complexity index is 1160. The van der Waals surface area contributed by atoms with E-state index in [0.29, 0.717) is 24.6 Å². The molecular weight excluding hydrogens is 438 g/mol. The van der Waals surface area contributed by atoms with Crippen molar-refractivity contribution < 1.29 is 18.0 Å². The number of carbonyl (C=O) groups excluding carboxylic acids is 2. The molecule has 3 saturated heterocycles. The van der Waals surface area contributed by atoms with Crippen LogP contribution in [0.1, 0.15) is 45.1 Å². The van der Waals surface area contributed by atoms with Crippen molar-refractivity contribution in [3.63, 3.8) is 0 Å². The minimum atomic E-state index is -3.70. The average Bonchev–Trinajstić information content (AvgIpc) is 3.35. The maximum atomic E-state index is 14.0. The molecule has 4 bridgehead atoms. The molecule has 0 radical (unpaired) electrons. The van der Waals surface area contributed by atoms with Gasteiger partial charge in [0.25, 0.3) is 0 Å². The topological polar surface area (TPSA) is 86.8 Å². The number of hydrogen-bond donors (Lipinski definition) is 1. The van der Waals surface area contributed by atoms with Crippen molar-refractivity contribution in [1.29, 1.82) is 0 Å². The van der Waals surface area contributed by atoms with Crippen LogP contribution in [-0.2, 0) is 26.2 Å². The van der Waals surface area contributed by atoms with Gasteiger partial charge in [0.15, 0.2) is 0 Å². The minimum absolute atomic E-state index is 0.0621. The van der Waals surface area contributed by atoms with Gasteiger partial charge >= 0.3 is 0 Å². The predicted molar refractivity (Wildman–Crippen MR) is 123 cm³/mol. The van der Waals surface area contributed by atoms with Gasteiger partial charge in [-0.05, 0) is 42.6 Å². The van der Waals surface area contributed by atoms with Gasteiger partial charge in [0.05, 0.1) is 29.8 Å². The predicted octanol–water partition coefficient (Wildman–Crippen LogP) is 2.26. The molecule has 2 aliphatic carbocycles. The molecule has 176 valence electrons. The number of fused-ring (bicyclic) bond motifs is 3. The number of amides is 2. The number of carbonyl (C=O) groups is 2. The Balaban J connectivity index is 1.35. The first-order chi connectivity index (χ1) is 15.6. The van der Waals surface area contributed by atoms with Crippen molar-refractivity contribution in [1.82, 2.24) is 14.5 Å². The fraction of sp³-hybridized carbons (Fsp3) is 0.600. The van der Waals surface area contributed by atoms with E-state index < -0.39 is 28.0 Å². The average molecular weight is 470 g/mol. The summed E-state index contributed by atoms with van der Waals surface area (Å²) in [6.45, 7) is 8.95. The summed E-state index contributed by atoms with van der Waals surface area (Å²) in [6.07, 6.45) is 2.97. The molecule has 8 heteroatoms. The van der Waals surface area contributed by atoms with Gasteiger partial charge in [-0.3, -0.25) is 14.5 Å². The van der Waals surface area contributed by atoms with Crippen LogP contribution < -0.4 is 5.32 Å². The highest BCUT2D eigenvalue weighted by Crippen LogP contribution is 2.70. The van der Waals surface area contributed by atoms with Crippen molar-refractivity contribution >= 4 is 21.8 Å². The number of hydrogen-bond acceptors (Lipinski definition) is 5. The van der Waals surface area contributed by atoms with Crippen LogP contribution in [0.2, 0.25) is 0 Å². The third-order valence-electron chi connectivity index (χ3n) is 9.71. The fourth-order valence-electron chi connectivity index (χ4n) is 7.93. The van der Waals surface area contributed by atoms with Gasteiger partial charge < -0.3 is 5.32 Å². The zero-order valence-electron chi connectivity index (χ0n) is 19.2. The molecule has 1 aromatic rings. The van der Waals surface area contributed by atoms with Crippen LogP contribution >= 0.6 is 0 Å². The largest absolute Gasteiger partial charge is 0.327 e. The number of rotatable bonds is 3. The zero-order chi connectivity index (χ0) is 23.3. The molecule has 1 aromatic carbocycles. The van der Waals surface area contributed by atoms with Crippen molar-refractivity contribution in [2.45, 2.75) is 64.2 Å². The fourth-order valence-corrected chi connectivity index (χ4v) is 10.5. The first-order valence-electron chi connectivity index (χ1n) is 11.9. The standard InChI is InChI=1S/C25H31N3O4S/c1-15-21-18(12-19(22(29)26-15)27(21)13-16-7-5-4-6-8-16)23(30)28-20-11-17-9-10-25(20,24(17,2)3)14-33(28,31)32/h4-8,17-21H,1,9-14H2,2-3H3,(H,26,29)/t17-,18+,19-,20-,21-,25-/m0/s1. The van der Waals surface area contributed by atoms with E-state index in [1.54, 1.807) is 0 Å². The molecule has 33 heavy (non-hydrogen) atoms. The van der Waals surface area contributed by atoms with Gasteiger partial charge in [-0.25, -0.2) is 12.7 Å². The number of nitrogens with zero attached hydrogens (tertiary/aromatic N) is 2. The zero-order valence-corrected chi connectivity index (χ0v) is 20.0. The van der Waals surface area contributed by atoms with Crippen LogP contribution in [0.5, 0.6) is 0 Å². The second-order valence-corrected chi connectivity index (χ2v) is 13.1. The van der Waals surface area contributed by atoms with Crippen molar-refractivity contribution in [3.8, 4) is 0 Å². The Labute approximate surface area is 195 Å². The lowest BCUT2D eigenvalue weighted by molar-refractivity contribution is -0.134. The molecule has 0 unspecified atom stereocenters. The van der Waals surface area contributed by atoms with Crippen LogP contribution in [0.4, 0.5) is 0 Å². The van der Waals surface area contributed by atoms with Crippen LogP contribution in [0.25, 0.3) is 0 Å². The Kier molecular flexibility index (Phi) is 4.33. The summed E-state index contributed by atoms with van der Waals surface area (Å²) >= 11 is 0. The van der Waals surface area contributed by atoms with Gasteiger partial charge in [0.2, 0.25) is 21.8 Å². The Hall–Kier alpha value is -2.19. The number of benzene rings is 1. The Morgan fingerprint density at radius 1 is 1.21 bits per heavy atom. The maximum absolute atomic E-state index is 14.0. The van der Waals surface area contributed by atoms with Gasteiger partial charge in [-0.2, -0.15) is 0 Å². The summed E-state index contributed by atoms with van der Waals surface area (Å²) in [5.74, 6) is -0.596. The maximum Gasteiger partial charge on any atom is 0.241 e. The van der Waals surface area contributed by atoms with Gasteiger partial charge in [-0.15, -0.1) is 0 Å². The van der Waals surface area contributed by atoms with E-state index in [-0.39, 0.29) is 34.4 Å². The minimum Gasteiger partial charge on any atom is -0.327 e. The van der Waals surface area contributed by atoms with Gasteiger partial charge in [0.1, 0.15) is 0 Å². The highest BCUT2D eigenvalue weighted by atomic mass is 32.2. The molecule has 6 rings (SSSR count). The summed E-state index contributed by atoms with van der Waals surface area (Å²) in [5.41, 5.74) is 1.09. The lowest BCUT2D eigenvalue weighted by atomic mass is 9.69. The molecule has 5 aliphatic rings. The molecule has 7 nitrogen and oxygen atoms in total. The highest BCUT2D eigenvalue weighted by molar-refractivity contribution is 7.90. The smallest absolute Gasteiger partial charge is 0.241 e. The SMILES string of the molecule is C=C1NC(=O)[C@@H]2C[C@@H](C(=O)N3[C@H]4C[C@@H]5CC[C@@]4(CS3(=O)=O)C5(C)C)[C@H]1N2Cc1ccccc1. The third-order valence-corrected chi connectivity index (χ3v) is 11.6. The molecule has 1 spiro atoms. The highest BCUT2D eigenvalue weighted by Gasteiger charge is 2.73. The lowest BCUT2D eigenvalue weighted by Gasteiger charge is -2.38. The van der Waals surface area contributed by atoms with Gasteiger partial charge in [-0.1, -0.05) is 50.8 Å². The normalized spacial score (nSPS) is 40.2. The Morgan fingerprint density at radius 2 is 1.94 bits per heavy atom. The molecular formula is C25H31N3O4S. The quantitative estimate of drug-likeness (QED) is 0.734. The third kappa shape index (κ3) is 2.68. The number of nitrogens with one attached hydrogen (secondary N) is 1. The molecule has 3 heterocycles. The molecule has 6 atom stereocenters. The first kappa shape index (κ1) is 21.4. The molecule has 2 saturated carbocycles. The van der Waals surface area contributed by atoms with Crippen molar-refractivity contribution in [2.24, 2.45) is 22.7 Å². The number of piperazine rings is 1. The summed E-state index contributed by atoms with van der Waals surface area (Å²) in [4.78, 5) is 28.8. The summed E-state index contributed by atoms with van der Waals surface area (Å²) in [7, 11) is -3.70. The molecule has 3 aliphatic heterocycles. The van der Waals surface area contributed by atoms with Crippen LogP contribution in [0.3, 0.4) is 0 Å². The lowest BCUT2D eigenvalue weighted by Crippen LogP contribution is -2.55. The van der Waals surface area contributed by atoms with E-state index >= 15 is 0 Å². The molecule has 5 fully saturated rings.